The third kappa shape index (κ3) is 12.6. The maximum atomic E-state index is 6.74. The van der Waals surface area contributed by atoms with Crippen molar-refractivity contribution >= 4 is 203 Å². The van der Waals surface area contributed by atoms with Crippen LogP contribution in [0.25, 0.3) is 131 Å². The first kappa shape index (κ1) is 78.0. The molecule has 2 aliphatic carbocycles. The Morgan fingerprint density at radius 3 is 0.914 bits per heavy atom. The van der Waals surface area contributed by atoms with Crippen LogP contribution in [0, 0.1) is 0 Å². The summed E-state index contributed by atoms with van der Waals surface area (Å²) in [5.41, 5.74) is 26.7. The maximum Gasteiger partial charge on any atom is 0.159 e. The maximum absolute atomic E-state index is 6.74. The number of furan rings is 2. The Labute approximate surface area is 749 Å². The standard InChI is InChI=1S/C63H42N2O2.C57H54N2Si2/c1-63(2)53-29-15-26-47-51-38-57(65(40-20-7-4-8-21-40)56-31-17-28-49-46-25-12-14-33-59(46)67-62(49)56)44-23-10-9-22-42(44)50(51)37-52(60(47)53)43-35-34-41(36-54(43)63)64(39-18-5-3-6-19-39)55-30-16-27-48-45-24-11-13-32-58(45)66-61(48)55;1-57(2)53-25-17-24-49-51-38-55(59(40-20-13-10-14-21-40)42-28-33-45(34-29-42)61(6,7)8)48-23-16-15-22-46(48)50(51)37-52(56(49)53)47-35-30-43(36-54(47)57)58(39-18-11-9-12-19-39)41-26-31-44(32-27-41)60(3,4)5/h3-38H,1-2H3;9-38H,1-8H3. The van der Waals surface area contributed by atoms with Crippen LogP contribution in [-0.2, 0) is 10.8 Å². The van der Waals surface area contributed by atoms with Gasteiger partial charge in [0.05, 0.1) is 38.9 Å². The fourth-order valence-electron chi connectivity index (χ4n) is 21.1. The molecule has 128 heavy (non-hydrogen) atoms. The monoisotopic (exact) mass is 1680 g/mol. The second kappa shape index (κ2) is 30.0. The molecule has 0 amide bonds. The van der Waals surface area contributed by atoms with Crippen molar-refractivity contribution in [1.82, 2.24) is 0 Å². The highest BCUT2D eigenvalue weighted by atomic mass is 28.3. The van der Waals surface area contributed by atoms with Gasteiger partial charge in [0.1, 0.15) is 11.2 Å². The van der Waals surface area contributed by atoms with Crippen LogP contribution in [0.3, 0.4) is 0 Å². The number of benzene rings is 20. The van der Waals surface area contributed by atoms with Gasteiger partial charge in [0, 0.05) is 88.6 Å². The molecule has 0 spiro atoms. The van der Waals surface area contributed by atoms with E-state index in [0.717, 1.165) is 89.4 Å². The third-order valence-corrected chi connectivity index (χ3v) is 31.7. The lowest BCUT2D eigenvalue weighted by molar-refractivity contribution is 0.645. The molecule has 6 nitrogen and oxygen atoms in total. The van der Waals surface area contributed by atoms with Crippen molar-refractivity contribution in [3.8, 4) is 22.3 Å². The summed E-state index contributed by atoms with van der Waals surface area (Å²) in [6.07, 6.45) is 0. The lowest BCUT2D eigenvalue weighted by Crippen LogP contribution is -2.37. The molecule has 0 fully saturated rings. The van der Waals surface area contributed by atoms with Crippen LogP contribution in [0.5, 0.6) is 0 Å². The molecule has 0 saturated heterocycles. The van der Waals surface area contributed by atoms with Crippen molar-refractivity contribution < 1.29 is 8.83 Å². The molecule has 2 heterocycles. The minimum atomic E-state index is -1.47. The van der Waals surface area contributed by atoms with Crippen molar-refractivity contribution in [2.24, 2.45) is 0 Å². The van der Waals surface area contributed by atoms with E-state index in [9.17, 15) is 0 Å². The first-order valence-corrected chi connectivity index (χ1v) is 51.9. The van der Waals surface area contributed by atoms with Gasteiger partial charge >= 0.3 is 0 Å². The average Bonchev–Trinajstić information content (AvgIpc) is 0.763. The Balaban J connectivity index is 0.000000147. The molecule has 616 valence electrons. The Morgan fingerprint density at radius 2 is 0.492 bits per heavy atom. The Morgan fingerprint density at radius 1 is 0.195 bits per heavy atom. The molecule has 2 aliphatic rings. The molecule has 0 aliphatic heterocycles. The van der Waals surface area contributed by atoms with Gasteiger partial charge in [0.2, 0.25) is 0 Å². The predicted octanol–water partition coefficient (Wildman–Crippen LogP) is 33.7. The van der Waals surface area contributed by atoms with E-state index in [1.807, 2.05) is 12.1 Å². The van der Waals surface area contributed by atoms with Gasteiger partial charge in [-0.3, -0.25) is 0 Å². The van der Waals surface area contributed by atoms with Crippen molar-refractivity contribution in [2.75, 3.05) is 19.6 Å². The number of para-hydroxylation sites is 8. The van der Waals surface area contributed by atoms with E-state index in [1.54, 1.807) is 0 Å². The van der Waals surface area contributed by atoms with Gasteiger partial charge in [-0.1, -0.05) is 332 Å². The number of rotatable bonds is 14. The van der Waals surface area contributed by atoms with Gasteiger partial charge in [-0.2, -0.15) is 0 Å². The quantitative estimate of drug-likeness (QED) is 0.0798. The molecular formula is C120H96N4O2Si2. The van der Waals surface area contributed by atoms with Gasteiger partial charge in [-0.25, -0.2) is 0 Å². The zero-order valence-corrected chi connectivity index (χ0v) is 75.7. The van der Waals surface area contributed by atoms with E-state index in [1.165, 1.54) is 142 Å². The minimum absolute atomic E-state index is 0.247. The fourth-order valence-corrected chi connectivity index (χ4v) is 23.4. The van der Waals surface area contributed by atoms with Crippen LogP contribution in [0.15, 0.2) is 409 Å². The van der Waals surface area contributed by atoms with Gasteiger partial charge < -0.3 is 28.4 Å². The summed E-state index contributed by atoms with van der Waals surface area (Å²) in [7, 11) is -2.92. The topological polar surface area (TPSA) is 39.2 Å². The molecule has 8 heteroatoms. The van der Waals surface area contributed by atoms with Crippen molar-refractivity contribution in [1.29, 1.82) is 0 Å². The number of hydrogen-bond acceptors (Lipinski definition) is 6. The van der Waals surface area contributed by atoms with E-state index in [0.29, 0.717) is 0 Å². The summed E-state index contributed by atoms with van der Waals surface area (Å²) >= 11 is 0. The number of nitrogens with zero attached hydrogens (tertiary/aromatic N) is 4. The van der Waals surface area contributed by atoms with E-state index >= 15 is 0 Å². The SMILES string of the molecule is CC1(C)c2cc(N(c3ccccc3)c3ccc([Si](C)(C)C)cc3)ccc2-c2cc3c4ccccc4c(N(c4ccccc4)c4ccc([Si](C)(C)C)cc4)cc3c3cccc1c23.CC1(C)c2cc(N(c3ccccc3)c3cccc4c3oc3ccccc34)ccc2-c2cc3c4ccccc4c(N(c4ccccc4)c4cccc5c4oc4ccccc45)cc3c3cccc1c23. The summed E-state index contributed by atoms with van der Waals surface area (Å²) in [5.74, 6) is 0. The summed E-state index contributed by atoms with van der Waals surface area (Å²) in [6, 6.07) is 147. The van der Waals surface area contributed by atoms with E-state index in [2.05, 4.69) is 475 Å². The Hall–Kier alpha value is -14.8. The van der Waals surface area contributed by atoms with E-state index in [-0.39, 0.29) is 10.8 Å². The third-order valence-electron chi connectivity index (χ3n) is 27.5. The summed E-state index contributed by atoms with van der Waals surface area (Å²) in [6.45, 7) is 24.1. The van der Waals surface area contributed by atoms with Crippen LogP contribution < -0.4 is 30.0 Å². The normalized spacial score (nSPS) is 13.2. The summed E-state index contributed by atoms with van der Waals surface area (Å²) < 4.78 is 13.4. The zero-order valence-electron chi connectivity index (χ0n) is 73.7. The molecule has 0 N–H and O–H groups in total. The van der Waals surface area contributed by atoms with Crippen LogP contribution in [0.2, 0.25) is 39.3 Å². The largest absolute Gasteiger partial charge is 0.454 e. The van der Waals surface area contributed by atoms with E-state index < -0.39 is 16.1 Å². The summed E-state index contributed by atoms with van der Waals surface area (Å²) in [5, 5.41) is 22.5. The lowest BCUT2D eigenvalue weighted by atomic mass is 9.68. The van der Waals surface area contributed by atoms with Gasteiger partial charge in [0.25, 0.3) is 0 Å². The van der Waals surface area contributed by atoms with Gasteiger partial charge in [-0.05, 0) is 244 Å². The molecular weight excluding hydrogens is 1590 g/mol. The molecule has 0 atom stereocenters. The Kier molecular flexibility index (Phi) is 18.2. The lowest BCUT2D eigenvalue weighted by Gasteiger charge is -2.37. The first-order chi connectivity index (χ1) is 62.3. The highest BCUT2D eigenvalue weighted by molar-refractivity contribution is 6.89. The smallest absolute Gasteiger partial charge is 0.159 e. The molecule has 20 aromatic carbocycles. The van der Waals surface area contributed by atoms with E-state index in [4.69, 9.17) is 8.83 Å². The van der Waals surface area contributed by atoms with Gasteiger partial charge in [-0.15, -0.1) is 0 Å². The molecule has 22 aromatic rings. The number of anilines is 12. The second-order valence-electron chi connectivity index (χ2n) is 37.9. The van der Waals surface area contributed by atoms with Crippen LogP contribution >= 0.6 is 0 Å². The first-order valence-electron chi connectivity index (χ1n) is 44.9. The molecule has 0 bridgehead atoms. The van der Waals surface area contributed by atoms with Crippen LogP contribution in [0.4, 0.5) is 68.2 Å². The highest BCUT2D eigenvalue weighted by Gasteiger charge is 2.39. The molecule has 0 radical (unpaired) electrons. The molecule has 2 aromatic heterocycles. The number of fused-ring (bicyclic) bond motifs is 18. The average molecular weight is 1680 g/mol. The molecule has 0 unspecified atom stereocenters. The van der Waals surface area contributed by atoms with Crippen LogP contribution in [0.1, 0.15) is 49.9 Å². The van der Waals surface area contributed by atoms with Crippen molar-refractivity contribution in [2.45, 2.75) is 77.8 Å². The summed E-state index contributed by atoms with van der Waals surface area (Å²) in [4.78, 5) is 9.64. The van der Waals surface area contributed by atoms with Crippen LogP contribution in [-0.4, -0.2) is 16.1 Å². The molecule has 0 saturated carbocycles. The highest BCUT2D eigenvalue weighted by Crippen LogP contribution is 2.58. The van der Waals surface area contributed by atoms with Gasteiger partial charge in [0.15, 0.2) is 11.2 Å². The fraction of sp³-hybridized carbons (Fsp3) is 0.100. The zero-order chi connectivity index (χ0) is 86.6. The molecule has 24 rings (SSSR count). The van der Waals surface area contributed by atoms with Crippen molar-refractivity contribution in [3.63, 3.8) is 0 Å². The minimum Gasteiger partial charge on any atom is -0.454 e. The predicted molar refractivity (Wildman–Crippen MR) is 552 cm³/mol. The number of hydrogen-bond donors (Lipinski definition) is 0. The Bertz CT molecular complexity index is 8210. The second-order valence-corrected chi connectivity index (χ2v) is 48.0. The van der Waals surface area contributed by atoms with Crippen molar-refractivity contribution in [3.05, 3.63) is 423 Å².